The second-order valence-corrected chi connectivity index (χ2v) is 5.58. The first-order valence-corrected chi connectivity index (χ1v) is 6.84. The average Bonchev–Trinajstić information content (AvgIpc) is 2.76. The molecule has 1 N–H and O–H groups in total. The van der Waals surface area contributed by atoms with E-state index in [1.54, 1.807) is 6.07 Å². The fourth-order valence-electron chi connectivity index (χ4n) is 1.78. The molecular formula is C11H14N2O2S. The number of nitrogens with one attached hydrogen (secondary N) is 1. The third-order valence-corrected chi connectivity index (χ3v) is 4.11. The van der Waals surface area contributed by atoms with Crippen molar-refractivity contribution in [2.45, 2.75) is 25.4 Å². The minimum absolute atomic E-state index is 0.349. The van der Waals surface area contributed by atoms with Crippen LogP contribution in [-0.4, -0.2) is 21.8 Å². The molecule has 1 aliphatic heterocycles. The Bertz CT molecular complexity index is 412. The molecule has 2 rings (SSSR count). The highest BCUT2D eigenvalue weighted by molar-refractivity contribution is 7.85. The lowest BCUT2D eigenvalue weighted by Gasteiger charge is -2.21. The molecule has 0 aromatic carbocycles. The van der Waals surface area contributed by atoms with E-state index in [1.807, 2.05) is 12.1 Å². The van der Waals surface area contributed by atoms with E-state index in [4.69, 9.17) is 9.68 Å². The lowest BCUT2D eigenvalue weighted by molar-refractivity contribution is 0.422. The first-order chi connectivity index (χ1) is 7.78. The zero-order valence-corrected chi connectivity index (χ0v) is 9.76. The first kappa shape index (κ1) is 11.4. The smallest absolute Gasteiger partial charge is 0.203 e. The van der Waals surface area contributed by atoms with Crippen molar-refractivity contribution in [1.82, 2.24) is 5.32 Å². The summed E-state index contributed by atoms with van der Waals surface area (Å²) in [4.78, 5) is 0. The summed E-state index contributed by atoms with van der Waals surface area (Å²) in [7, 11) is -0.613. The van der Waals surface area contributed by atoms with Crippen LogP contribution in [0.15, 0.2) is 16.5 Å². The van der Waals surface area contributed by atoms with Crippen LogP contribution in [0.4, 0.5) is 0 Å². The molecule has 0 saturated carbocycles. The van der Waals surface area contributed by atoms with Gasteiger partial charge in [0.25, 0.3) is 0 Å². The standard InChI is InChI=1S/C11H14N2O2S/c12-7-10-1-2-11(15-10)8-13-9-3-5-16(14)6-4-9/h1-2,9,13H,3-6,8H2. The molecule has 0 bridgehead atoms. The van der Waals surface area contributed by atoms with E-state index < -0.39 is 10.8 Å². The third-order valence-electron chi connectivity index (χ3n) is 2.72. The second kappa shape index (κ2) is 5.28. The van der Waals surface area contributed by atoms with E-state index in [0.717, 1.165) is 30.1 Å². The number of rotatable bonds is 3. The van der Waals surface area contributed by atoms with Crippen molar-refractivity contribution in [1.29, 1.82) is 5.26 Å². The van der Waals surface area contributed by atoms with E-state index in [2.05, 4.69) is 5.32 Å². The van der Waals surface area contributed by atoms with Crippen molar-refractivity contribution in [2.75, 3.05) is 11.5 Å². The molecule has 0 radical (unpaired) electrons. The Balaban J connectivity index is 1.79. The van der Waals surface area contributed by atoms with Crippen molar-refractivity contribution in [3.05, 3.63) is 23.7 Å². The Morgan fingerprint density at radius 3 is 2.88 bits per heavy atom. The second-order valence-electron chi connectivity index (χ2n) is 3.88. The normalized spacial score (nSPS) is 25.2. The Kier molecular flexibility index (Phi) is 3.75. The van der Waals surface area contributed by atoms with Gasteiger partial charge in [-0.1, -0.05) is 0 Å². The maximum atomic E-state index is 11.2. The molecule has 0 aliphatic carbocycles. The van der Waals surface area contributed by atoms with Crippen molar-refractivity contribution in [3.8, 4) is 6.07 Å². The van der Waals surface area contributed by atoms with Gasteiger partial charge in [-0.2, -0.15) is 5.26 Å². The molecule has 1 fully saturated rings. The largest absolute Gasteiger partial charge is 0.449 e. The zero-order valence-electron chi connectivity index (χ0n) is 8.94. The quantitative estimate of drug-likeness (QED) is 0.858. The Hall–Kier alpha value is -1.12. The van der Waals surface area contributed by atoms with Gasteiger partial charge in [-0.3, -0.25) is 4.21 Å². The Labute approximate surface area is 97.1 Å². The summed E-state index contributed by atoms with van der Waals surface area (Å²) in [6.45, 7) is 0.638. The van der Waals surface area contributed by atoms with Crippen molar-refractivity contribution in [2.24, 2.45) is 0 Å². The number of hydrogen-bond donors (Lipinski definition) is 1. The van der Waals surface area contributed by atoms with Crippen LogP contribution in [-0.2, 0) is 17.3 Å². The van der Waals surface area contributed by atoms with Crippen LogP contribution in [0.3, 0.4) is 0 Å². The summed E-state index contributed by atoms with van der Waals surface area (Å²) in [5, 5.41) is 12.0. The fraction of sp³-hybridized carbons (Fsp3) is 0.545. The zero-order chi connectivity index (χ0) is 11.4. The van der Waals surface area contributed by atoms with Crippen LogP contribution in [0.1, 0.15) is 24.4 Å². The van der Waals surface area contributed by atoms with Gasteiger partial charge in [0.15, 0.2) is 0 Å². The molecule has 16 heavy (non-hydrogen) atoms. The van der Waals surface area contributed by atoms with E-state index in [0.29, 0.717) is 18.3 Å². The summed E-state index contributed by atoms with van der Waals surface area (Å²) in [6.07, 6.45) is 1.91. The third kappa shape index (κ3) is 2.94. The lowest BCUT2D eigenvalue weighted by atomic mass is 10.1. The summed E-state index contributed by atoms with van der Waals surface area (Å²) in [5.74, 6) is 2.71. The molecule has 1 aliphatic rings. The van der Waals surface area contributed by atoms with Gasteiger partial charge in [-0.25, -0.2) is 0 Å². The van der Waals surface area contributed by atoms with E-state index in [9.17, 15) is 4.21 Å². The molecular weight excluding hydrogens is 224 g/mol. The van der Waals surface area contributed by atoms with Gasteiger partial charge >= 0.3 is 0 Å². The van der Waals surface area contributed by atoms with Gasteiger partial charge in [-0.15, -0.1) is 0 Å². The van der Waals surface area contributed by atoms with Crippen molar-refractivity contribution >= 4 is 10.8 Å². The van der Waals surface area contributed by atoms with E-state index in [-0.39, 0.29) is 0 Å². The summed E-state index contributed by atoms with van der Waals surface area (Å²) in [6, 6.07) is 5.87. The molecule has 0 amide bonds. The van der Waals surface area contributed by atoms with Crippen LogP contribution >= 0.6 is 0 Å². The van der Waals surface area contributed by atoms with Crippen LogP contribution in [0.25, 0.3) is 0 Å². The molecule has 0 unspecified atom stereocenters. The van der Waals surface area contributed by atoms with Gasteiger partial charge < -0.3 is 9.73 Å². The topological polar surface area (TPSA) is 66.0 Å². The predicted octanol–water partition coefficient (Wildman–Crippen LogP) is 1.15. The van der Waals surface area contributed by atoms with Crippen molar-refractivity contribution in [3.63, 3.8) is 0 Å². The molecule has 0 spiro atoms. The minimum atomic E-state index is -0.613. The molecule has 1 saturated heterocycles. The molecule has 0 atom stereocenters. The van der Waals surface area contributed by atoms with Gasteiger partial charge in [-0.05, 0) is 25.0 Å². The number of nitrogens with zero attached hydrogens (tertiary/aromatic N) is 1. The highest BCUT2D eigenvalue weighted by atomic mass is 32.2. The Morgan fingerprint density at radius 1 is 1.50 bits per heavy atom. The molecule has 86 valence electrons. The molecule has 4 nitrogen and oxygen atoms in total. The number of furan rings is 1. The highest BCUT2D eigenvalue weighted by Gasteiger charge is 2.17. The minimum Gasteiger partial charge on any atom is -0.449 e. The van der Waals surface area contributed by atoms with Gasteiger partial charge in [0.2, 0.25) is 5.76 Å². The SMILES string of the molecule is N#Cc1ccc(CNC2CCS(=O)CC2)o1. The lowest BCUT2D eigenvalue weighted by Crippen LogP contribution is -2.35. The van der Waals surface area contributed by atoms with Gasteiger partial charge in [0.05, 0.1) is 6.54 Å². The summed E-state index contributed by atoms with van der Waals surface area (Å²) >= 11 is 0. The molecule has 5 heteroatoms. The fourth-order valence-corrected chi connectivity index (χ4v) is 3.07. The average molecular weight is 238 g/mol. The van der Waals surface area contributed by atoms with Crippen LogP contribution in [0, 0.1) is 11.3 Å². The Morgan fingerprint density at radius 2 is 2.25 bits per heavy atom. The van der Waals surface area contributed by atoms with Crippen LogP contribution in [0.2, 0.25) is 0 Å². The van der Waals surface area contributed by atoms with Crippen LogP contribution in [0.5, 0.6) is 0 Å². The van der Waals surface area contributed by atoms with E-state index >= 15 is 0 Å². The monoisotopic (exact) mass is 238 g/mol. The molecule has 2 heterocycles. The van der Waals surface area contributed by atoms with Gasteiger partial charge in [0, 0.05) is 28.3 Å². The molecule has 1 aromatic rings. The highest BCUT2D eigenvalue weighted by Crippen LogP contribution is 2.11. The van der Waals surface area contributed by atoms with Gasteiger partial charge in [0.1, 0.15) is 11.8 Å². The number of hydrogen-bond acceptors (Lipinski definition) is 4. The summed E-state index contributed by atoms with van der Waals surface area (Å²) in [5.41, 5.74) is 0. The first-order valence-electron chi connectivity index (χ1n) is 5.35. The predicted molar refractivity (Wildman–Crippen MR) is 61.2 cm³/mol. The molecule has 1 aromatic heterocycles. The summed E-state index contributed by atoms with van der Waals surface area (Å²) < 4.78 is 16.4. The van der Waals surface area contributed by atoms with E-state index in [1.165, 1.54) is 0 Å². The van der Waals surface area contributed by atoms with Crippen molar-refractivity contribution < 1.29 is 8.63 Å². The number of nitriles is 1. The maximum absolute atomic E-state index is 11.2. The van der Waals surface area contributed by atoms with Crippen LogP contribution < -0.4 is 5.32 Å². The maximum Gasteiger partial charge on any atom is 0.203 e.